The second-order valence-electron chi connectivity index (χ2n) is 5.02. The molecular formula is C14H11BrF2O2. The molecule has 0 aliphatic heterocycles. The fraction of sp³-hybridized carbons (Fsp3) is 0.357. The van der Waals surface area contributed by atoms with E-state index in [2.05, 4.69) is 15.9 Å². The van der Waals surface area contributed by atoms with Gasteiger partial charge in [-0.05, 0) is 40.3 Å². The van der Waals surface area contributed by atoms with Crippen molar-refractivity contribution < 1.29 is 18.7 Å². The summed E-state index contributed by atoms with van der Waals surface area (Å²) >= 11 is 3.18. The Kier molecular flexibility index (Phi) is 2.96. The van der Waals surface area contributed by atoms with E-state index in [1.54, 1.807) is 0 Å². The molecule has 2 aliphatic rings. The van der Waals surface area contributed by atoms with Crippen molar-refractivity contribution in [2.75, 3.05) is 0 Å². The van der Waals surface area contributed by atoms with Crippen LogP contribution in [0.25, 0.3) is 5.57 Å². The Bertz CT molecular complexity index is 586. The molecule has 1 fully saturated rings. The number of allylic oxidation sites excluding steroid dienone is 2. The normalized spacial score (nSPS) is 26.2. The van der Waals surface area contributed by atoms with Crippen LogP contribution in [0.5, 0.6) is 5.75 Å². The Hall–Kier alpha value is -1.23. The number of rotatable bonds is 1. The first-order valence-electron chi connectivity index (χ1n) is 6.13. The lowest BCUT2D eigenvalue weighted by Crippen LogP contribution is -2.11. The molecule has 1 aromatic rings. The van der Waals surface area contributed by atoms with Gasteiger partial charge in [-0.3, -0.25) is 4.79 Å². The molecule has 3 rings (SSSR count). The highest BCUT2D eigenvalue weighted by molar-refractivity contribution is 9.12. The molecule has 0 heterocycles. The number of halogens is 3. The van der Waals surface area contributed by atoms with Crippen LogP contribution in [0.2, 0.25) is 0 Å². The van der Waals surface area contributed by atoms with Crippen molar-refractivity contribution in [1.82, 2.24) is 0 Å². The number of fused-ring (bicyclic) bond motifs is 1. The maximum absolute atomic E-state index is 14.0. The van der Waals surface area contributed by atoms with Crippen molar-refractivity contribution in [3.63, 3.8) is 0 Å². The number of hydrogen-bond acceptors (Lipinski definition) is 2. The van der Waals surface area contributed by atoms with E-state index >= 15 is 0 Å². The van der Waals surface area contributed by atoms with Crippen LogP contribution in [0, 0.1) is 23.5 Å². The minimum atomic E-state index is -0.829. The summed E-state index contributed by atoms with van der Waals surface area (Å²) in [5.74, 6) is -2.45. The standard InChI is InChI=1S/C14H11BrF2O2/c15-13-11(7-2-1-3-8(7)14(13)19)12-9(16)4-6(18)5-10(12)17/h4-5,7-8,18H,1-3H2. The highest BCUT2D eigenvalue weighted by Crippen LogP contribution is 2.52. The first kappa shape index (κ1) is 12.8. The quantitative estimate of drug-likeness (QED) is 0.851. The van der Waals surface area contributed by atoms with Crippen LogP contribution in [0.1, 0.15) is 24.8 Å². The summed E-state index contributed by atoms with van der Waals surface area (Å²) in [6.45, 7) is 0. The van der Waals surface area contributed by atoms with Gasteiger partial charge in [0.1, 0.15) is 17.4 Å². The van der Waals surface area contributed by atoms with Gasteiger partial charge in [-0.25, -0.2) is 8.78 Å². The maximum atomic E-state index is 14.0. The molecule has 0 bridgehead atoms. The van der Waals surface area contributed by atoms with E-state index in [1.807, 2.05) is 0 Å². The average Bonchev–Trinajstić information content (AvgIpc) is 2.87. The van der Waals surface area contributed by atoms with Gasteiger partial charge >= 0.3 is 0 Å². The molecule has 2 nitrogen and oxygen atoms in total. The van der Waals surface area contributed by atoms with E-state index in [4.69, 9.17) is 0 Å². The SMILES string of the molecule is O=C1C(Br)=C(c2c(F)cc(O)cc2F)C2CCCC12. The van der Waals surface area contributed by atoms with Crippen LogP contribution in [-0.2, 0) is 4.79 Å². The maximum Gasteiger partial charge on any atom is 0.173 e. The molecule has 0 saturated heterocycles. The monoisotopic (exact) mass is 328 g/mol. The molecule has 5 heteroatoms. The molecular weight excluding hydrogens is 318 g/mol. The number of phenolic OH excluding ortho intramolecular Hbond substituents is 1. The van der Waals surface area contributed by atoms with Crippen LogP contribution < -0.4 is 0 Å². The third-order valence-corrected chi connectivity index (χ3v) is 4.79. The summed E-state index contributed by atoms with van der Waals surface area (Å²) in [5, 5.41) is 9.19. The first-order valence-corrected chi connectivity index (χ1v) is 6.92. The number of benzene rings is 1. The van der Waals surface area contributed by atoms with Gasteiger partial charge in [0.2, 0.25) is 0 Å². The van der Waals surface area contributed by atoms with E-state index in [1.165, 1.54) is 0 Å². The molecule has 0 amide bonds. The smallest absolute Gasteiger partial charge is 0.173 e. The third kappa shape index (κ3) is 1.83. The van der Waals surface area contributed by atoms with Crippen LogP contribution in [0.3, 0.4) is 0 Å². The number of hydrogen-bond donors (Lipinski definition) is 1. The summed E-state index contributed by atoms with van der Waals surface area (Å²) in [6, 6.07) is 1.75. The van der Waals surface area contributed by atoms with Crippen LogP contribution in [-0.4, -0.2) is 10.9 Å². The van der Waals surface area contributed by atoms with Gasteiger partial charge in [0.25, 0.3) is 0 Å². The summed E-state index contributed by atoms with van der Waals surface area (Å²) in [5.41, 5.74) is 0.231. The fourth-order valence-corrected chi connectivity index (χ4v) is 3.98. The number of carbonyl (C=O) groups excluding carboxylic acids is 1. The molecule has 0 radical (unpaired) electrons. The second-order valence-corrected chi connectivity index (χ2v) is 5.81. The molecule has 1 N–H and O–H groups in total. The van der Waals surface area contributed by atoms with Gasteiger partial charge < -0.3 is 5.11 Å². The summed E-state index contributed by atoms with van der Waals surface area (Å²) in [4.78, 5) is 12.1. The van der Waals surface area contributed by atoms with Gasteiger partial charge in [-0.15, -0.1) is 0 Å². The Labute approximate surface area is 117 Å². The van der Waals surface area contributed by atoms with Gasteiger partial charge in [0, 0.05) is 18.1 Å². The minimum Gasteiger partial charge on any atom is -0.508 e. The molecule has 1 aromatic carbocycles. The molecule has 100 valence electrons. The zero-order valence-electron chi connectivity index (χ0n) is 9.92. The van der Waals surface area contributed by atoms with Crippen molar-refractivity contribution >= 4 is 27.3 Å². The molecule has 19 heavy (non-hydrogen) atoms. The van der Waals surface area contributed by atoms with Gasteiger partial charge in [0.15, 0.2) is 5.78 Å². The van der Waals surface area contributed by atoms with Crippen molar-refractivity contribution in [2.24, 2.45) is 11.8 Å². The summed E-state index contributed by atoms with van der Waals surface area (Å²) in [6.07, 6.45) is 2.43. The predicted molar refractivity (Wildman–Crippen MR) is 69.7 cm³/mol. The zero-order chi connectivity index (χ0) is 13.7. The van der Waals surface area contributed by atoms with Gasteiger partial charge in [-0.2, -0.15) is 0 Å². The lowest BCUT2D eigenvalue weighted by atomic mass is 9.90. The number of carbonyl (C=O) groups is 1. The van der Waals surface area contributed by atoms with Crippen LogP contribution in [0.4, 0.5) is 8.78 Å². The topological polar surface area (TPSA) is 37.3 Å². The van der Waals surface area contributed by atoms with Gasteiger partial charge in [-0.1, -0.05) is 6.42 Å². The number of phenols is 1. The Morgan fingerprint density at radius 3 is 2.37 bits per heavy atom. The molecule has 0 spiro atoms. The van der Waals surface area contributed by atoms with Crippen LogP contribution in [0.15, 0.2) is 16.6 Å². The average molecular weight is 329 g/mol. The second kappa shape index (κ2) is 4.40. The number of Topliss-reactive ketones (excluding diaryl/α,β-unsaturated/α-hetero) is 1. The fourth-order valence-electron chi connectivity index (χ4n) is 3.19. The summed E-state index contributed by atoms with van der Waals surface area (Å²) in [7, 11) is 0. The largest absolute Gasteiger partial charge is 0.508 e. The predicted octanol–water partition coefficient (Wildman–Crippen LogP) is 3.78. The van der Waals surface area contributed by atoms with E-state index in [0.29, 0.717) is 5.57 Å². The lowest BCUT2D eigenvalue weighted by Gasteiger charge is -2.15. The van der Waals surface area contributed by atoms with Crippen molar-refractivity contribution in [3.05, 3.63) is 33.8 Å². The molecule has 0 aromatic heterocycles. The number of aromatic hydroxyl groups is 1. The minimum absolute atomic E-state index is 0.0654. The van der Waals surface area contributed by atoms with Crippen molar-refractivity contribution in [1.29, 1.82) is 0 Å². The number of ketones is 1. The van der Waals surface area contributed by atoms with E-state index < -0.39 is 17.4 Å². The van der Waals surface area contributed by atoms with E-state index in [-0.39, 0.29) is 27.7 Å². The highest BCUT2D eigenvalue weighted by atomic mass is 79.9. The zero-order valence-corrected chi connectivity index (χ0v) is 11.5. The van der Waals surface area contributed by atoms with Crippen LogP contribution >= 0.6 is 15.9 Å². The summed E-state index contributed by atoms with van der Waals surface area (Å²) < 4.78 is 28.2. The van der Waals surface area contributed by atoms with Gasteiger partial charge in [0.05, 0.1) is 10.0 Å². The van der Waals surface area contributed by atoms with E-state index in [9.17, 15) is 18.7 Å². The Morgan fingerprint density at radius 2 is 1.74 bits per heavy atom. The van der Waals surface area contributed by atoms with E-state index in [0.717, 1.165) is 31.4 Å². The molecule has 2 atom stereocenters. The Balaban J connectivity index is 2.19. The third-order valence-electron chi connectivity index (χ3n) is 3.97. The first-order chi connectivity index (χ1) is 9.00. The molecule has 2 aliphatic carbocycles. The molecule has 2 unspecified atom stereocenters. The van der Waals surface area contributed by atoms with Crippen molar-refractivity contribution in [2.45, 2.75) is 19.3 Å². The Morgan fingerprint density at radius 1 is 1.16 bits per heavy atom. The highest BCUT2D eigenvalue weighted by Gasteiger charge is 2.45. The lowest BCUT2D eigenvalue weighted by molar-refractivity contribution is -0.118. The van der Waals surface area contributed by atoms with Crippen molar-refractivity contribution in [3.8, 4) is 5.75 Å². The molecule has 1 saturated carbocycles.